The lowest BCUT2D eigenvalue weighted by molar-refractivity contribution is 0.124. The molecule has 3 N–H and O–H groups in total. The maximum atomic E-state index is 9.33. The summed E-state index contributed by atoms with van der Waals surface area (Å²) in [7, 11) is 0. The minimum absolute atomic E-state index is 0.0423. The largest absolute Gasteiger partial charge is 0.395 e. The zero-order valence-electron chi connectivity index (χ0n) is 7.12. The van der Waals surface area contributed by atoms with E-state index in [4.69, 9.17) is 5.11 Å². The lowest BCUT2D eigenvalue weighted by Crippen LogP contribution is -2.41. The topological polar surface area (TPSA) is 52.5 Å². The van der Waals surface area contributed by atoms with Crippen LogP contribution in [0.1, 0.15) is 13.8 Å². The van der Waals surface area contributed by atoms with Gasteiger partial charge in [0.05, 0.1) is 18.8 Å². The Hall–Kier alpha value is -0.380. The third-order valence-corrected chi connectivity index (χ3v) is 1.46. The highest BCUT2D eigenvalue weighted by molar-refractivity contribution is 4.92. The molecular weight excluding hydrogens is 142 g/mol. The van der Waals surface area contributed by atoms with Crippen LogP contribution in [-0.4, -0.2) is 35.5 Å². The van der Waals surface area contributed by atoms with E-state index in [1.165, 1.54) is 0 Å². The number of aliphatic hydroxyl groups excluding tert-OH is 2. The van der Waals surface area contributed by atoms with Crippen molar-refractivity contribution in [2.75, 3.05) is 13.2 Å². The smallest absolute Gasteiger partial charge is 0.0896 e. The lowest BCUT2D eigenvalue weighted by atomic mass is 10.1. The highest BCUT2D eigenvalue weighted by Gasteiger charge is 2.12. The Kier molecular flexibility index (Phi) is 6.12. The van der Waals surface area contributed by atoms with E-state index >= 15 is 0 Å². The van der Waals surface area contributed by atoms with E-state index in [2.05, 4.69) is 5.32 Å². The first-order chi connectivity index (χ1) is 5.26. The Morgan fingerprint density at radius 1 is 1.55 bits per heavy atom. The van der Waals surface area contributed by atoms with Gasteiger partial charge in [-0.3, -0.25) is 0 Å². The summed E-state index contributed by atoms with van der Waals surface area (Å²) in [6, 6.07) is -0.240. The van der Waals surface area contributed by atoms with Gasteiger partial charge in [0.15, 0.2) is 0 Å². The van der Waals surface area contributed by atoms with Gasteiger partial charge >= 0.3 is 0 Å². The normalized spacial score (nSPS) is 17.1. The fraction of sp³-hybridized carbons (Fsp3) is 0.750. The van der Waals surface area contributed by atoms with Crippen LogP contribution in [0.2, 0.25) is 0 Å². The van der Waals surface area contributed by atoms with E-state index in [0.717, 1.165) is 6.54 Å². The van der Waals surface area contributed by atoms with E-state index in [0.29, 0.717) is 0 Å². The molecule has 0 amide bonds. The second-order valence-corrected chi connectivity index (χ2v) is 2.36. The summed E-state index contributed by atoms with van der Waals surface area (Å²) in [5, 5.41) is 21.1. The van der Waals surface area contributed by atoms with Gasteiger partial charge in [-0.25, -0.2) is 0 Å². The standard InChI is InChI=1S/C8H17NO2/c1-3-5-8(11)7(6-10)9-4-2/h3,5,7-11H,4,6H2,1-2H3/b5-3+/t7-,8-/m0/s1. The lowest BCUT2D eigenvalue weighted by Gasteiger charge is -2.18. The maximum absolute atomic E-state index is 9.33. The maximum Gasteiger partial charge on any atom is 0.0896 e. The van der Waals surface area contributed by atoms with E-state index in [1.54, 1.807) is 12.2 Å². The van der Waals surface area contributed by atoms with E-state index in [1.807, 2.05) is 13.8 Å². The van der Waals surface area contributed by atoms with Gasteiger partial charge < -0.3 is 15.5 Å². The minimum atomic E-state index is -0.593. The minimum Gasteiger partial charge on any atom is -0.395 e. The Morgan fingerprint density at radius 3 is 2.55 bits per heavy atom. The number of hydrogen-bond acceptors (Lipinski definition) is 3. The molecule has 0 aromatic carbocycles. The molecule has 66 valence electrons. The number of hydrogen-bond donors (Lipinski definition) is 3. The molecule has 0 rings (SSSR count). The average Bonchev–Trinajstić information content (AvgIpc) is 2.00. The molecule has 0 aliphatic rings. The van der Waals surface area contributed by atoms with Crippen molar-refractivity contribution in [3.05, 3.63) is 12.2 Å². The molecule has 3 heteroatoms. The molecule has 0 aliphatic carbocycles. The Balaban J connectivity index is 3.80. The highest BCUT2D eigenvalue weighted by Crippen LogP contribution is 1.94. The Labute approximate surface area is 67.7 Å². The van der Waals surface area contributed by atoms with Crippen molar-refractivity contribution in [3.8, 4) is 0 Å². The Morgan fingerprint density at radius 2 is 2.18 bits per heavy atom. The third kappa shape index (κ3) is 4.14. The van der Waals surface area contributed by atoms with Crippen LogP contribution in [-0.2, 0) is 0 Å². The van der Waals surface area contributed by atoms with Crippen LogP contribution in [0.15, 0.2) is 12.2 Å². The SMILES string of the molecule is C/C=C/[C@H](O)[C@H](CO)NCC. The molecule has 0 aliphatic heterocycles. The van der Waals surface area contributed by atoms with E-state index < -0.39 is 6.10 Å². The molecule has 11 heavy (non-hydrogen) atoms. The fourth-order valence-corrected chi connectivity index (χ4v) is 0.887. The van der Waals surface area contributed by atoms with Crippen LogP contribution < -0.4 is 5.32 Å². The highest BCUT2D eigenvalue weighted by atomic mass is 16.3. The zero-order valence-corrected chi connectivity index (χ0v) is 7.12. The van der Waals surface area contributed by atoms with Crippen molar-refractivity contribution in [2.45, 2.75) is 26.0 Å². The van der Waals surface area contributed by atoms with Crippen molar-refractivity contribution >= 4 is 0 Å². The number of allylic oxidation sites excluding steroid dienone is 1. The van der Waals surface area contributed by atoms with E-state index in [-0.39, 0.29) is 12.6 Å². The number of nitrogens with one attached hydrogen (secondary N) is 1. The molecule has 0 radical (unpaired) electrons. The predicted molar refractivity (Wildman–Crippen MR) is 45.4 cm³/mol. The van der Waals surface area contributed by atoms with Crippen LogP contribution in [0, 0.1) is 0 Å². The van der Waals surface area contributed by atoms with Crippen molar-refractivity contribution in [2.24, 2.45) is 0 Å². The van der Waals surface area contributed by atoms with Crippen LogP contribution >= 0.6 is 0 Å². The molecule has 0 fully saturated rings. The fourth-order valence-electron chi connectivity index (χ4n) is 0.887. The molecule has 0 saturated carbocycles. The van der Waals surface area contributed by atoms with Crippen molar-refractivity contribution < 1.29 is 10.2 Å². The summed E-state index contributed by atoms with van der Waals surface area (Å²) in [6.45, 7) is 4.48. The number of rotatable bonds is 5. The van der Waals surface area contributed by atoms with Gasteiger partial charge in [-0.05, 0) is 13.5 Å². The van der Waals surface area contributed by atoms with Crippen LogP contribution in [0.4, 0.5) is 0 Å². The van der Waals surface area contributed by atoms with Gasteiger partial charge in [0, 0.05) is 0 Å². The van der Waals surface area contributed by atoms with Gasteiger partial charge in [0.25, 0.3) is 0 Å². The third-order valence-electron chi connectivity index (χ3n) is 1.46. The summed E-state index contributed by atoms with van der Waals surface area (Å²) < 4.78 is 0. The molecule has 0 aromatic heterocycles. The van der Waals surface area contributed by atoms with Gasteiger partial charge in [0.2, 0.25) is 0 Å². The molecule has 0 heterocycles. The van der Waals surface area contributed by atoms with Gasteiger partial charge in [-0.2, -0.15) is 0 Å². The first kappa shape index (κ1) is 10.6. The van der Waals surface area contributed by atoms with Crippen molar-refractivity contribution in [1.29, 1.82) is 0 Å². The molecule has 0 aromatic rings. The van der Waals surface area contributed by atoms with Crippen LogP contribution in [0.25, 0.3) is 0 Å². The molecule has 0 unspecified atom stereocenters. The summed E-state index contributed by atoms with van der Waals surface area (Å²) in [4.78, 5) is 0. The number of aliphatic hydroxyl groups is 2. The monoisotopic (exact) mass is 159 g/mol. The summed E-state index contributed by atoms with van der Waals surface area (Å²) >= 11 is 0. The average molecular weight is 159 g/mol. The molecule has 0 bridgehead atoms. The van der Waals surface area contributed by atoms with E-state index in [9.17, 15) is 5.11 Å². The Bertz CT molecular complexity index is 115. The van der Waals surface area contributed by atoms with Crippen LogP contribution in [0.3, 0.4) is 0 Å². The molecular formula is C8H17NO2. The van der Waals surface area contributed by atoms with Gasteiger partial charge in [-0.1, -0.05) is 19.1 Å². The first-order valence-electron chi connectivity index (χ1n) is 3.91. The summed E-state index contributed by atoms with van der Waals surface area (Å²) in [5.74, 6) is 0. The predicted octanol–water partition coefficient (Wildman–Crippen LogP) is -0.106. The summed E-state index contributed by atoms with van der Waals surface area (Å²) in [5.41, 5.74) is 0. The quantitative estimate of drug-likeness (QED) is 0.491. The number of likely N-dealkylation sites (N-methyl/N-ethyl adjacent to an activating group) is 1. The molecule has 3 nitrogen and oxygen atoms in total. The second-order valence-electron chi connectivity index (χ2n) is 2.36. The first-order valence-corrected chi connectivity index (χ1v) is 3.91. The van der Waals surface area contributed by atoms with Crippen molar-refractivity contribution in [1.82, 2.24) is 5.32 Å². The van der Waals surface area contributed by atoms with Crippen molar-refractivity contribution in [3.63, 3.8) is 0 Å². The second kappa shape index (κ2) is 6.34. The van der Waals surface area contributed by atoms with Gasteiger partial charge in [-0.15, -0.1) is 0 Å². The zero-order chi connectivity index (χ0) is 8.69. The molecule has 2 atom stereocenters. The van der Waals surface area contributed by atoms with Crippen LogP contribution in [0.5, 0.6) is 0 Å². The molecule has 0 spiro atoms. The van der Waals surface area contributed by atoms with Gasteiger partial charge in [0.1, 0.15) is 0 Å². The molecule has 0 saturated heterocycles. The summed E-state index contributed by atoms with van der Waals surface area (Å²) in [6.07, 6.45) is 2.83.